The molecule has 0 radical (unpaired) electrons. The van der Waals surface area contributed by atoms with E-state index in [-0.39, 0.29) is 0 Å². The van der Waals surface area contributed by atoms with E-state index in [4.69, 9.17) is 9.47 Å². The molecule has 0 unspecified atom stereocenters. The summed E-state index contributed by atoms with van der Waals surface area (Å²) >= 11 is 3.56. The highest BCUT2D eigenvalue weighted by molar-refractivity contribution is 9.10. The van der Waals surface area contributed by atoms with Gasteiger partial charge in [-0.05, 0) is 29.0 Å². The van der Waals surface area contributed by atoms with E-state index in [1.54, 1.807) is 0 Å². The van der Waals surface area contributed by atoms with E-state index in [2.05, 4.69) is 32.2 Å². The van der Waals surface area contributed by atoms with Crippen molar-refractivity contribution in [3.8, 4) is 5.75 Å². The van der Waals surface area contributed by atoms with E-state index in [1.807, 2.05) is 19.2 Å². The SMILES string of the molecule is CNCc1cccc(Br)c1OCCN1CCOCC1. The van der Waals surface area contributed by atoms with Crippen LogP contribution in [0.15, 0.2) is 22.7 Å². The molecule has 0 spiro atoms. The molecule has 1 heterocycles. The number of ether oxygens (including phenoxy) is 2. The van der Waals surface area contributed by atoms with Crippen molar-refractivity contribution in [3.05, 3.63) is 28.2 Å². The zero-order chi connectivity index (χ0) is 13.5. The van der Waals surface area contributed by atoms with Gasteiger partial charge in [-0.25, -0.2) is 0 Å². The Balaban J connectivity index is 1.87. The number of nitrogens with zero attached hydrogens (tertiary/aromatic N) is 1. The highest BCUT2D eigenvalue weighted by Crippen LogP contribution is 2.29. The number of para-hydroxylation sites is 1. The number of halogens is 1. The minimum atomic E-state index is 0.708. The summed E-state index contributed by atoms with van der Waals surface area (Å²) in [4.78, 5) is 2.37. The molecular weight excluding hydrogens is 308 g/mol. The molecule has 0 amide bonds. The Bertz CT molecular complexity index is 395. The second-order valence-electron chi connectivity index (χ2n) is 4.56. The van der Waals surface area contributed by atoms with Crippen LogP contribution in [0.4, 0.5) is 0 Å². The maximum Gasteiger partial charge on any atom is 0.138 e. The van der Waals surface area contributed by atoms with Crippen molar-refractivity contribution in [1.82, 2.24) is 10.2 Å². The minimum Gasteiger partial charge on any atom is -0.491 e. The molecule has 0 aliphatic carbocycles. The summed E-state index contributed by atoms with van der Waals surface area (Å²) in [6.07, 6.45) is 0. The molecular formula is C14H21BrN2O2. The zero-order valence-corrected chi connectivity index (χ0v) is 12.9. The van der Waals surface area contributed by atoms with Crippen LogP contribution in [-0.2, 0) is 11.3 Å². The number of benzene rings is 1. The average molecular weight is 329 g/mol. The van der Waals surface area contributed by atoms with Crippen LogP contribution in [0.1, 0.15) is 5.56 Å². The molecule has 1 saturated heterocycles. The van der Waals surface area contributed by atoms with Crippen molar-refractivity contribution in [2.75, 3.05) is 46.5 Å². The molecule has 1 fully saturated rings. The first-order valence-corrected chi connectivity index (χ1v) is 7.45. The van der Waals surface area contributed by atoms with Gasteiger partial charge in [0.1, 0.15) is 12.4 Å². The molecule has 1 N–H and O–H groups in total. The molecule has 5 heteroatoms. The first kappa shape index (κ1) is 14.8. The summed E-state index contributed by atoms with van der Waals surface area (Å²) < 4.78 is 12.3. The van der Waals surface area contributed by atoms with Gasteiger partial charge in [0.05, 0.1) is 17.7 Å². The second-order valence-corrected chi connectivity index (χ2v) is 5.42. The summed E-state index contributed by atoms with van der Waals surface area (Å²) in [7, 11) is 1.94. The van der Waals surface area contributed by atoms with Crippen LogP contribution in [0.3, 0.4) is 0 Å². The quantitative estimate of drug-likeness (QED) is 0.864. The molecule has 19 heavy (non-hydrogen) atoms. The van der Waals surface area contributed by atoms with Gasteiger partial charge < -0.3 is 14.8 Å². The van der Waals surface area contributed by atoms with Gasteiger partial charge in [0.25, 0.3) is 0 Å². The summed E-state index contributed by atoms with van der Waals surface area (Å²) in [5, 5.41) is 3.16. The summed E-state index contributed by atoms with van der Waals surface area (Å²) in [6.45, 7) is 6.14. The molecule has 0 aromatic heterocycles. The van der Waals surface area contributed by atoms with Gasteiger partial charge >= 0.3 is 0 Å². The lowest BCUT2D eigenvalue weighted by molar-refractivity contribution is 0.0321. The molecule has 0 atom stereocenters. The fourth-order valence-electron chi connectivity index (χ4n) is 2.15. The molecule has 1 aliphatic heterocycles. The average Bonchev–Trinajstić information content (AvgIpc) is 2.43. The van der Waals surface area contributed by atoms with Gasteiger partial charge in [-0.2, -0.15) is 0 Å². The highest BCUT2D eigenvalue weighted by atomic mass is 79.9. The van der Waals surface area contributed by atoms with Crippen molar-refractivity contribution in [3.63, 3.8) is 0 Å². The topological polar surface area (TPSA) is 33.7 Å². The van der Waals surface area contributed by atoms with Crippen LogP contribution in [0, 0.1) is 0 Å². The van der Waals surface area contributed by atoms with E-state index in [0.29, 0.717) is 6.61 Å². The van der Waals surface area contributed by atoms with Gasteiger partial charge in [-0.15, -0.1) is 0 Å². The molecule has 4 nitrogen and oxygen atoms in total. The number of morpholine rings is 1. The van der Waals surface area contributed by atoms with E-state index >= 15 is 0 Å². The van der Waals surface area contributed by atoms with Gasteiger partial charge in [0.15, 0.2) is 0 Å². The molecule has 2 rings (SSSR count). The van der Waals surface area contributed by atoms with Crippen LogP contribution in [0.2, 0.25) is 0 Å². The normalized spacial score (nSPS) is 16.5. The van der Waals surface area contributed by atoms with Gasteiger partial charge in [-0.1, -0.05) is 12.1 Å². The zero-order valence-electron chi connectivity index (χ0n) is 11.3. The molecule has 106 valence electrons. The summed E-state index contributed by atoms with van der Waals surface area (Å²) in [5.41, 5.74) is 1.18. The van der Waals surface area contributed by atoms with E-state index < -0.39 is 0 Å². The summed E-state index contributed by atoms with van der Waals surface area (Å²) in [6, 6.07) is 6.14. The van der Waals surface area contributed by atoms with Crippen molar-refractivity contribution in [2.24, 2.45) is 0 Å². The van der Waals surface area contributed by atoms with Gasteiger partial charge in [-0.3, -0.25) is 4.90 Å². The molecule has 0 bridgehead atoms. The Kier molecular flexibility index (Phi) is 6.10. The monoisotopic (exact) mass is 328 g/mol. The molecule has 1 aromatic rings. The van der Waals surface area contributed by atoms with Gasteiger partial charge in [0.2, 0.25) is 0 Å². The largest absolute Gasteiger partial charge is 0.491 e. The van der Waals surface area contributed by atoms with E-state index in [1.165, 1.54) is 5.56 Å². The summed E-state index contributed by atoms with van der Waals surface area (Å²) in [5.74, 6) is 0.949. The smallest absolute Gasteiger partial charge is 0.138 e. The Morgan fingerprint density at radius 3 is 2.89 bits per heavy atom. The molecule has 1 aliphatic rings. The highest BCUT2D eigenvalue weighted by Gasteiger charge is 2.11. The van der Waals surface area contributed by atoms with Crippen LogP contribution in [-0.4, -0.2) is 51.4 Å². The van der Waals surface area contributed by atoms with Crippen LogP contribution in [0.5, 0.6) is 5.75 Å². The maximum atomic E-state index is 5.95. The lowest BCUT2D eigenvalue weighted by atomic mass is 10.2. The Hall–Kier alpha value is -0.620. The second kappa shape index (κ2) is 7.85. The third kappa shape index (κ3) is 4.45. The Morgan fingerprint density at radius 1 is 1.37 bits per heavy atom. The number of nitrogens with one attached hydrogen (secondary N) is 1. The predicted molar refractivity (Wildman–Crippen MR) is 79.7 cm³/mol. The lowest BCUT2D eigenvalue weighted by Crippen LogP contribution is -2.38. The number of rotatable bonds is 6. The van der Waals surface area contributed by atoms with Gasteiger partial charge in [0, 0.05) is 31.7 Å². The molecule has 0 saturated carbocycles. The van der Waals surface area contributed by atoms with Crippen LogP contribution in [0.25, 0.3) is 0 Å². The minimum absolute atomic E-state index is 0.708. The molecule has 1 aromatic carbocycles. The standard InChI is InChI=1S/C14H21BrN2O2/c1-16-11-12-3-2-4-13(15)14(12)19-10-7-17-5-8-18-9-6-17/h2-4,16H,5-11H2,1H3. The van der Waals surface area contributed by atoms with Crippen molar-refractivity contribution in [1.29, 1.82) is 0 Å². The fraction of sp³-hybridized carbons (Fsp3) is 0.571. The fourth-order valence-corrected chi connectivity index (χ4v) is 2.67. The van der Waals surface area contributed by atoms with E-state index in [0.717, 1.165) is 49.6 Å². The first-order chi connectivity index (χ1) is 9.31. The van der Waals surface area contributed by atoms with Crippen molar-refractivity contribution >= 4 is 15.9 Å². The number of hydrogen-bond acceptors (Lipinski definition) is 4. The predicted octanol–water partition coefficient (Wildman–Crippen LogP) is 1.88. The van der Waals surface area contributed by atoms with Crippen molar-refractivity contribution < 1.29 is 9.47 Å². The number of hydrogen-bond donors (Lipinski definition) is 1. The van der Waals surface area contributed by atoms with Crippen LogP contribution < -0.4 is 10.1 Å². The Labute approximate surface area is 123 Å². The third-order valence-corrected chi connectivity index (χ3v) is 3.80. The first-order valence-electron chi connectivity index (χ1n) is 6.66. The maximum absolute atomic E-state index is 5.95. The third-order valence-electron chi connectivity index (χ3n) is 3.17. The Morgan fingerprint density at radius 2 is 2.16 bits per heavy atom. The lowest BCUT2D eigenvalue weighted by Gasteiger charge is -2.26. The van der Waals surface area contributed by atoms with Crippen molar-refractivity contribution in [2.45, 2.75) is 6.54 Å². The van der Waals surface area contributed by atoms with Crippen LogP contribution >= 0.6 is 15.9 Å². The van der Waals surface area contributed by atoms with E-state index in [9.17, 15) is 0 Å².